The number of hydrogen-bond acceptors (Lipinski definition) is 4. The molecule has 1 atom stereocenters. The molecule has 0 radical (unpaired) electrons. The second-order valence-corrected chi connectivity index (χ2v) is 6.90. The Labute approximate surface area is 144 Å². The van der Waals surface area contributed by atoms with Crippen molar-refractivity contribution in [3.05, 3.63) is 35.6 Å². The van der Waals surface area contributed by atoms with Gasteiger partial charge in [0.15, 0.2) is 0 Å². The maximum atomic E-state index is 13.3. The van der Waals surface area contributed by atoms with Crippen molar-refractivity contribution in [1.29, 1.82) is 0 Å². The fraction of sp³-hybridized carbons (Fsp3) is 0.684. The van der Waals surface area contributed by atoms with Crippen molar-refractivity contribution >= 4 is 0 Å². The highest BCUT2D eigenvalue weighted by molar-refractivity contribution is 5.28. The largest absolute Gasteiger partial charge is 0.380 e. The Hall–Kier alpha value is -1.01. The first-order valence-electron chi connectivity index (χ1n) is 9.08. The zero-order valence-corrected chi connectivity index (χ0v) is 14.7. The Bertz CT molecular complexity index is 495. The van der Waals surface area contributed by atoms with Crippen molar-refractivity contribution in [2.24, 2.45) is 0 Å². The molecular formula is C19H29FN2O2. The van der Waals surface area contributed by atoms with Crippen LogP contribution in [0.15, 0.2) is 24.3 Å². The van der Waals surface area contributed by atoms with Crippen molar-refractivity contribution in [2.75, 3.05) is 65.7 Å². The summed E-state index contributed by atoms with van der Waals surface area (Å²) in [6.07, 6.45) is 1.02. The SMILES string of the molecule is CCOCCN1CCN(CC2(c3ccc(F)cc3)CCOC2)CC1. The quantitative estimate of drug-likeness (QED) is 0.712. The summed E-state index contributed by atoms with van der Waals surface area (Å²) in [5.41, 5.74) is 1.22. The van der Waals surface area contributed by atoms with Crippen LogP contribution in [0.1, 0.15) is 18.9 Å². The monoisotopic (exact) mass is 336 g/mol. The maximum Gasteiger partial charge on any atom is 0.123 e. The first-order valence-corrected chi connectivity index (χ1v) is 9.08. The van der Waals surface area contributed by atoms with Gasteiger partial charge in [0.1, 0.15) is 5.82 Å². The molecule has 134 valence electrons. The van der Waals surface area contributed by atoms with Gasteiger partial charge in [0.05, 0.1) is 13.2 Å². The highest BCUT2D eigenvalue weighted by Crippen LogP contribution is 2.34. The predicted molar refractivity (Wildman–Crippen MR) is 92.9 cm³/mol. The molecule has 0 amide bonds. The number of piperazine rings is 1. The molecule has 1 aromatic rings. The van der Waals surface area contributed by atoms with Crippen molar-refractivity contribution in [2.45, 2.75) is 18.8 Å². The molecule has 0 bridgehead atoms. The van der Waals surface area contributed by atoms with Gasteiger partial charge in [-0.3, -0.25) is 9.80 Å². The van der Waals surface area contributed by atoms with Gasteiger partial charge in [-0.25, -0.2) is 4.39 Å². The zero-order chi connectivity index (χ0) is 16.8. The maximum absolute atomic E-state index is 13.3. The van der Waals surface area contributed by atoms with Gasteiger partial charge >= 0.3 is 0 Å². The van der Waals surface area contributed by atoms with Crippen LogP contribution in [-0.2, 0) is 14.9 Å². The van der Waals surface area contributed by atoms with E-state index in [1.807, 2.05) is 19.1 Å². The molecule has 0 N–H and O–H groups in total. The van der Waals surface area contributed by atoms with Crippen LogP contribution >= 0.6 is 0 Å². The molecule has 0 aromatic heterocycles. The molecule has 2 aliphatic heterocycles. The van der Waals surface area contributed by atoms with Crippen molar-refractivity contribution < 1.29 is 13.9 Å². The lowest BCUT2D eigenvalue weighted by Crippen LogP contribution is -2.51. The summed E-state index contributed by atoms with van der Waals surface area (Å²) < 4.78 is 24.4. The fourth-order valence-electron chi connectivity index (χ4n) is 3.79. The van der Waals surface area contributed by atoms with Crippen LogP contribution in [0, 0.1) is 5.82 Å². The summed E-state index contributed by atoms with van der Waals surface area (Å²) in [6, 6.07) is 7.01. The molecule has 4 nitrogen and oxygen atoms in total. The van der Waals surface area contributed by atoms with E-state index in [1.165, 1.54) is 5.56 Å². The van der Waals surface area contributed by atoms with E-state index in [0.717, 1.165) is 72.1 Å². The Kier molecular flexibility index (Phi) is 6.22. The molecule has 5 heteroatoms. The number of hydrogen-bond donors (Lipinski definition) is 0. The summed E-state index contributed by atoms with van der Waals surface area (Å²) in [4.78, 5) is 5.01. The minimum Gasteiger partial charge on any atom is -0.380 e. The molecule has 2 aliphatic rings. The second-order valence-electron chi connectivity index (χ2n) is 6.90. The van der Waals surface area contributed by atoms with Gasteiger partial charge in [-0.1, -0.05) is 12.1 Å². The lowest BCUT2D eigenvalue weighted by atomic mass is 9.79. The van der Waals surface area contributed by atoms with Crippen LogP contribution in [0.3, 0.4) is 0 Å². The van der Waals surface area contributed by atoms with E-state index in [0.29, 0.717) is 0 Å². The van der Waals surface area contributed by atoms with E-state index in [1.54, 1.807) is 12.1 Å². The summed E-state index contributed by atoms with van der Waals surface area (Å²) >= 11 is 0. The van der Waals surface area contributed by atoms with Gasteiger partial charge in [0.25, 0.3) is 0 Å². The average Bonchev–Trinajstić information content (AvgIpc) is 3.07. The standard InChI is InChI=1S/C19H29FN2O2/c1-2-23-14-12-21-8-10-22(11-9-21)15-19(7-13-24-16-19)17-3-5-18(20)6-4-17/h3-6H,2,7-16H2,1H3. The van der Waals surface area contributed by atoms with Crippen LogP contribution in [0.25, 0.3) is 0 Å². The molecule has 24 heavy (non-hydrogen) atoms. The van der Waals surface area contributed by atoms with Crippen molar-refractivity contribution in [3.8, 4) is 0 Å². The molecule has 2 fully saturated rings. The summed E-state index contributed by atoms with van der Waals surface area (Å²) in [6.45, 7) is 11.5. The molecule has 1 unspecified atom stereocenters. The van der Waals surface area contributed by atoms with E-state index < -0.39 is 0 Å². The van der Waals surface area contributed by atoms with Crippen LogP contribution in [0.5, 0.6) is 0 Å². The Morgan fingerprint density at radius 3 is 2.46 bits per heavy atom. The number of nitrogens with zero attached hydrogens (tertiary/aromatic N) is 2. The van der Waals surface area contributed by atoms with E-state index in [2.05, 4.69) is 9.80 Å². The summed E-state index contributed by atoms with van der Waals surface area (Å²) in [5, 5.41) is 0. The zero-order valence-electron chi connectivity index (χ0n) is 14.7. The molecule has 0 spiro atoms. The van der Waals surface area contributed by atoms with Gasteiger partial charge < -0.3 is 9.47 Å². The number of benzene rings is 1. The topological polar surface area (TPSA) is 24.9 Å². The molecule has 2 heterocycles. The summed E-state index contributed by atoms with van der Waals surface area (Å²) in [7, 11) is 0. The molecule has 1 aromatic carbocycles. The lowest BCUT2D eigenvalue weighted by molar-refractivity contribution is 0.0691. The molecular weight excluding hydrogens is 307 g/mol. The van der Waals surface area contributed by atoms with Crippen LogP contribution in [0.4, 0.5) is 4.39 Å². The number of halogens is 1. The van der Waals surface area contributed by atoms with Crippen LogP contribution in [-0.4, -0.2) is 75.5 Å². The first-order chi connectivity index (χ1) is 11.7. The average molecular weight is 336 g/mol. The van der Waals surface area contributed by atoms with E-state index in [4.69, 9.17) is 9.47 Å². The third kappa shape index (κ3) is 4.33. The lowest BCUT2D eigenvalue weighted by Gasteiger charge is -2.40. The Morgan fingerprint density at radius 2 is 1.83 bits per heavy atom. The third-order valence-corrected chi connectivity index (χ3v) is 5.31. The van der Waals surface area contributed by atoms with Crippen LogP contribution in [0.2, 0.25) is 0 Å². The third-order valence-electron chi connectivity index (χ3n) is 5.31. The fourth-order valence-corrected chi connectivity index (χ4v) is 3.79. The molecule has 3 rings (SSSR count). The smallest absolute Gasteiger partial charge is 0.123 e. The Balaban J connectivity index is 1.56. The number of ether oxygens (including phenoxy) is 2. The van der Waals surface area contributed by atoms with Gasteiger partial charge in [-0.2, -0.15) is 0 Å². The van der Waals surface area contributed by atoms with Crippen molar-refractivity contribution in [1.82, 2.24) is 9.80 Å². The normalized spacial score (nSPS) is 26.1. The van der Waals surface area contributed by atoms with Gasteiger partial charge in [0, 0.05) is 57.9 Å². The highest BCUT2D eigenvalue weighted by Gasteiger charge is 2.38. The van der Waals surface area contributed by atoms with Crippen LogP contribution < -0.4 is 0 Å². The van der Waals surface area contributed by atoms with Crippen molar-refractivity contribution in [3.63, 3.8) is 0 Å². The summed E-state index contributed by atoms with van der Waals surface area (Å²) in [5.74, 6) is -0.171. The molecule has 2 saturated heterocycles. The minimum atomic E-state index is -0.171. The van der Waals surface area contributed by atoms with E-state index in [-0.39, 0.29) is 11.2 Å². The van der Waals surface area contributed by atoms with Gasteiger partial charge in [0.2, 0.25) is 0 Å². The molecule has 0 aliphatic carbocycles. The second kappa shape index (κ2) is 8.39. The number of rotatable bonds is 7. The predicted octanol–water partition coefficient (Wildman–Crippen LogP) is 2.14. The Morgan fingerprint density at radius 1 is 1.12 bits per heavy atom. The van der Waals surface area contributed by atoms with Gasteiger partial charge in [-0.05, 0) is 31.0 Å². The molecule has 0 saturated carbocycles. The van der Waals surface area contributed by atoms with Gasteiger partial charge in [-0.15, -0.1) is 0 Å². The highest BCUT2D eigenvalue weighted by atomic mass is 19.1. The first kappa shape index (κ1) is 17.8. The van der Waals surface area contributed by atoms with E-state index >= 15 is 0 Å². The minimum absolute atomic E-state index is 0.0151. The van der Waals surface area contributed by atoms with E-state index in [9.17, 15) is 4.39 Å².